The maximum absolute atomic E-state index is 12.5. The van der Waals surface area contributed by atoms with Gasteiger partial charge in [0.25, 0.3) is 0 Å². The molecule has 0 aromatic carbocycles. The minimum atomic E-state index is -0.288. The largest absolute Gasteiger partial charge is 0.377 e. The summed E-state index contributed by atoms with van der Waals surface area (Å²) in [5.74, 6) is -0.206. The molecule has 11 heteroatoms. The van der Waals surface area contributed by atoms with Crippen molar-refractivity contribution < 1.29 is 14.3 Å². The Morgan fingerprint density at radius 1 is 1.33 bits per heavy atom. The van der Waals surface area contributed by atoms with Gasteiger partial charge in [0.2, 0.25) is 11.8 Å². The van der Waals surface area contributed by atoms with Gasteiger partial charge >= 0.3 is 0 Å². The molecule has 144 valence electrons. The third-order valence-electron chi connectivity index (χ3n) is 4.22. The fourth-order valence-electron chi connectivity index (χ4n) is 2.77. The van der Waals surface area contributed by atoms with Crippen LogP contribution in [-0.4, -0.2) is 72.7 Å². The Balaban J connectivity index is 1.49. The van der Waals surface area contributed by atoms with Gasteiger partial charge in [0.05, 0.1) is 49.9 Å². The van der Waals surface area contributed by atoms with Crippen LogP contribution in [0.25, 0.3) is 0 Å². The second-order valence-corrected chi connectivity index (χ2v) is 6.27. The fraction of sp³-hybridized carbons (Fsp3) is 0.562. The monoisotopic (exact) mass is 374 g/mol. The molecule has 2 amide bonds. The molecule has 2 aromatic rings. The SMILES string of the molecule is Cc1cnc(CNC(=O)CC2COCCN2C(=O)CCn2cnnn2)cn1. The highest BCUT2D eigenvalue weighted by Crippen LogP contribution is 2.13. The summed E-state index contributed by atoms with van der Waals surface area (Å²) >= 11 is 0. The third-order valence-corrected chi connectivity index (χ3v) is 4.22. The van der Waals surface area contributed by atoms with Crippen molar-refractivity contribution in [3.8, 4) is 0 Å². The molecule has 1 atom stereocenters. The van der Waals surface area contributed by atoms with Crippen molar-refractivity contribution in [1.29, 1.82) is 0 Å². The van der Waals surface area contributed by atoms with Crippen LogP contribution < -0.4 is 5.32 Å². The maximum atomic E-state index is 12.5. The number of morpholine rings is 1. The lowest BCUT2D eigenvalue weighted by atomic mass is 10.1. The number of nitrogens with one attached hydrogen (secondary N) is 1. The third kappa shape index (κ3) is 5.51. The number of carbonyl (C=O) groups excluding carboxylic acids is 2. The van der Waals surface area contributed by atoms with Gasteiger partial charge in [-0.3, -0.25) is 19.6 Å². The molecule has 27 heavy (non-hydrogen) atoms. The normalized spacial score (nSPS) is 16.9. The van der Waals surface area contributed by atoms with Crippen molar-refractivity contribution in [2.45, 2.75) is 38.9 Å². The Morgan fingerprint density at radius 2 is 2.22 bits per heavy atom. The zero-order chi connectivity index (χ0) is 19.1. The zero-order valence-corrected chi connectivity index (χ0v) is 15.1. The Labute approximate surface area is 156 Å². The summed E-state index contributed by atoms with van der Waals surface area (Å²) in [5, 5.41) is 13.6. The molecule has 2 aromatic heterocycles. The van der Waals surface area contributed by atoms with Gasteiger partial charge in [0.1, 0.15) is 6.33 Å². The van der Waals surface area contributed by atoms with Crippen molar-refractivity contribution in [2.24, 2.45) is 0 Å². The van der Waals surface area contributed by atoms with Gasteiger partial charge in [0, 0.05) is 25.6 Å². The smallest absolute Gasteiger partial charge is 0.224 e. The molecule has 1 unspecified atom stereocenters. The molecule has 0 radical (unpaired) electrons. The molecule has 11 nitrogen and oxygen atoms in total. The van der Waals surface area contributed by atoms with Gasteiger partial charge in [0.15, 0.2) is 0 Å². The van der Waals surface area contributed by atoms with Crippen molar-refractivity contribution >= 4 is 11.8 Å². The van der Waals surface area contributed by atoms with E-state index in [2.05, 4.69) is 30.8 Å². The molecule has 1 fully saturated rings. The van der Waals surface area contributed by atoms with E-state index in [0.717, 1.165) is 5.69 Å². The molecule has 1 N–H and O–H groups in total. The van der Waals surface area contributed by atoms with E-state index in [-0.39, 0.29) is 30.7 Å². The minimum absolute atomic E-state index is 0.0454. The molecule has 3 rings (SSSR count). The van der Waals surface area contributed by atoms with E-state index in [0.29, 0.717) is 38.5 Å². The molecule has 0 spiro atoms. The van der Waals surface area contributed by atoms with E-state index in [9.17, 15) is 9.59 Å². The Hall–Kier alpha value is -2.95. The molecule has 1 aliphatic heterocycles. The van der Waals surface area contributed by atoms with Crippen LogP contribution in [0.5, 0.6) is 0 Å². The summed E-state index contributed by atoms with van der Waals surface area (Å²) in [6.45, 7) is 3.82. The highest BCUT2D eigenvalue weighted by atomic mass is 16.5. The van der Waals surface area contributed by atoms with Crippen LogP contribution in [0, 0.1) is 6.92 Å². The maximum Gasteiger partial charge on any atom is 0.224 e. The Morgan fingerprint density at radius 3 is 2.96 bits per heavy atom. The quantitative estimate of drug-likeness (QED) is 0.660. The van der Waals surface area contributed by atoms with E-state index in [1.54, 1.807) is 17.3 Å². The van der Waals surface area contributed by atoms with E-state index in [1.807, 2.05) is 6.92 Å². The zero-order valence-electron chi connectivity index (χ0n) is 15.1. The second-order valence-electron chi connectivity index (χ2n) is 6.27. The lowest BCUT2D eigenvalue weighted by molar-refractivity contribution is -0.142. The minimum Gasteiger partial charge on any atom is -0.377 e. The fourth-order valence-corrected chi connectivity index (χ4v) is 2.77. The topological polar surface area (TPSA) is 128 Å². The van der Waals surface area contributed by atoms with E-state index >= 15 is 0 Å². The molecule has 3 heterocycles. The van der Waals surface area contributed by atoms with E-state index in [4.69, 9.17) is 4.74 Å². The predicted octanol–water partition coefficient (Wildman–Crippen LogP) is -0.904. The summed E-state index contributed by atoms with van der Waals surface area (Å²) in [6, 6.07) is -0.288. The molecule has 0 aliphatic carbocycles. The second kappa shape index (κ2) is 9.12. The van der Waals surface area contributed by atoms with Crippen LogP contribution in [0.1, 0.15) is 24.2 Å². The molecule has 1 saturated heterocycles. The number of carbonyl (C=O) groups is 2. The van der Waals surface area contributed by atoms with Crippen LogP contribution >= 0.6 is 0 Å². The van der Waals surface area contributed by atoms with Gasteiger partial charge in [-0.15, -0.1) is 5.10 Å². The number of aromatic nitrogens is 6. The average Bonchev–Trinajstić information content (AvgIpc) is 3.20. The number of hydrogen-bond donors (Lipinski definition) is 1. The first-order chi connectivity index (χ1) is 13.1. The summed E-state index contributed by atoms with van der Waals surface area (Å²) < 4.78 is 6.96. The predicted molar refractivity (Wildman–Crippen MR) is 92.0 cm³/mol. The first-order valence-electron chi connectivity index (χ1n) is 8.74. The van der Waals surface area contributed by atoms with Gasteiger partial charge in [-0.1, -0.05) is 0 Å². The van der Waals surface area contributed by atoms with Crippen LogP contribution in [0.2, 0.25) is 0 Å². The molecule has 0 bridgehead atoms. The van der Waals surface area contributed by atoms with Crippen molar-refractivity contribution in [3.63, 3.8) is 0 Å². The van der Waals surface area contributed by atoms with Crippen molar-refractivity contribution in [1.82, 2.24) is 40.4 Å². The number of rotatable bonds is 7. The highest BCUT2D eigenvalue weighted by Gasteiger charge is 2.28. The van der Waals surface area contributed by atoms with Crippen LogP contribution in [0.3, 0.4) is 0 Å². The number of nitrogens with zero attached hydrogens (tertiary/aromatic N) is 7. The molecular weight excluding hydrogens is 352 g/mol. The Kier molecular flexibility index (Phi) is 6.36. The number of hydrogen-bond acceptors (Lipinski definition) is 8. The number of aryl methyl sites for hydroxylation is 2. The Bertz CT molecular complexity index is 750. The highest BCUT2D eigenvalue weighted by molar-refractivity contribution is 5.80. The van der Waals surface area contributed by atoms with Crippen LogP contribution in [0.4, 0.5) is 0 Å². The average molecular weight is 374 g/mol. The summed E-state index contributed by atoms with van der Waals surface area (Å²) in [5.41, 5.74) is 1.50. The van der Waals surface area contributed by atoms with Gasteiger partial charge in [-0.25, -0.2) is 4.68 Å². The molecular formula is C16H22N8O3. The van der Waals surface area contributed by atoms with Crippen molar-refractivity contribution in [2.75, 3.05) is 19.8 Å². The van der Waals surface area contributed by atoms with Gasteiger partial charge in [-0.2, -0.15) is 0 Å². The molecule has 0 saturated carbocycles. The molecule has 1 aliphatic rings. The standard InChI is InChI=1S/C16H22N8O3/c1-12-7-18-13(8-17-12)9-19-15(25)6-14-10-27-5-4-24(14)16(26)2-3-23-11-20-21-22-23/h7-8,11,14H,2-6,9-10H2,1H3,(H,19,25). The van der Waals surface area contributed by atoms with Gasteiger partial charge in [-0.05, 0) is 17.4 Å². The first kappa shape index (κ1) is 18.8. The summed E-state index contributed by atoms with van der Waals surface area (Å²) in [4.78, 5) is 34.9. The first-order valence-corrected chi connectivity index (χ1v) is 8.74. The lowest BCUT2D eigenvalue weighted by Crippen LogP contribution is -2.50. The summed E-state index contributed by atoms with van der Waals surface area (Å²) in [7, 11) is 0. The van der Waals surface area contributed by atoms with Crippen LogP contribution in [0.15, 0.2) is 18.7 Å². The summed E-state index contributed by atoms with van der Waals surface area (Å²) in [6.07, 6.45) is 5.19. The number of amides is 2. The lowest BCUT2D eigenvalue weighted by Gasteiger charge is -2.35. The van der Waals surface area contributed by atoms with Gasteiger partial charge < -0.3 is 15.0 Å². The number of ether oxygens (including phenoxy) is 1. The van der Waals surface area contributed by atoms with Crippen LogP contribution in [-0.2, 0) is 27.4 Å². The van der Waals surface area contributed by atoms with E-state index in [1.165, 1.54) is 11.0 Å². The number of tetrazole rings is 1. The van der Waals surface area contributed by atoms with Crippen molar-refractivity contribution in [3.05, 3.63) is 30.1 Å². The van der Waals surface area contributed by atoms with E-state index < -0.39 is 0 Å².